The zero-order valence-corrected chi connectivity index (χ0v) is 12.8. The van der Waals surface area contributed by atoms with Crippen molar-refractivity contribution in [2.45, 2.75) is 88.2 Å². The van der Waals surface area contributed by atoms with E-state index in [0.717, 1.165) is 5.92 Å². The highest BCUT2D eigenvalue weighted by Crippen LogP contribution is 2.32. The van der Waals surface area contributed by atoms with Gasteiger partial charge in [0, 0.05) is 4.83 Å². The fraction of sp³-hybridized carbons (Fsp3) is 1.00. The van der Waals surface area contributed by atoms with Gasteiger partial charge in [-0.2, -0.15) is 0 Å². The van der Waals surface area contributed by atoms with Crippen molar-refractivity contribution in [3.05, 3.63) is 0 Å². The Hall–Kier alpha value is 0.440. The molecule has 0 aromatic heterocycles. The van der Waals surface area contributed by atoms with E-state index in [1.807, 2.05) is 0 Å². The predicted octanol–water partition coefficient (Wildman–Crippen LogP) is 5.07. The summed E-state index contributed by atoms with van der Waals surface area (Å²) < 4.78 is 6.45. The van der Waals surface area contributed by atoms with Crippen LogP contribution < -0.4 is 0 Å². The van der Waals surface area contributed by atoms with E-state index in [2.05, 4.69) is 22.9 Å². The topological polar surface area (TPSA) is 9.23 Å². The Kier molecular flexibility index (Phi) is 5.82. The zero-order valence-electron chi connectivity index (χ0n) is 11.2. The molecule has 0 saturated heterocycles. The van der Waals surface area contributed by atoms with Crippen LogP contribution in [0.15, 0.2) is 0 Å². The van der Waals surface area contributed by atoms with Crippen LogP contribution in [-0.2, 0) is 4.74 Å². The maximum atomic E-state index is 6.45. The van der Waals surface area contributed by atoms with Gasteiger partial charge in [-0.3, -0.25) is 0 Å². The first-order chi connectivity index (χ1) is 8.27. The van der Waals surface area contributed by atoms with E-state index in [4.69, 9.17) is 4.74 Å². The molecular weight excluding hydrogens is 276 g/mol. The summed E-state index contributed by atoms with van der Waals surface area (Å²) in [6.45, 7) is 2.37. The zero-order chi connectivity index (χ0) is 12.1. The quantitative estimate of drug-likeness (QED) is 0.647. The minimum Gasteiger partial charge on any atom is -0.374 e. The summed E-state index contributed by atoms with van der Waals surface area (Å²) in [6.07, 6.45) is 14.5. The van der Waals surface area contributed by atoms with Crippen LogP contribution in [-0.4, -0.2) is 17.0 Å². The minimum atomic E-state index is 0.473. The highest BCUT2D eigenvalue weighted by molar-refractivity contribution is 9.09. The molecular formula is C15H27BrO. The van der Waals surface area contributed by atoms with Gasteiger partial charge in [0.15, 0.2) is 0 Å². The Morgan fingerprint density at radius 2 is 1.35 bits per heavy atom. The maximum Gasteiger partial charge on any atom is 0.0703 e. The van der Waals surface area contributed by atoms with Crippen LogP contribution in [0.25, 0.3) is 0 Å². The third-order valence-corrected chi connectivity index (χ3v) is 5.55. The van der Waals surface area contributed by atoms with Crippen LogP contribution >= 0.6 is 15.9 Å². The molecule has 4 atom stereocenters. The number of hydrogen-bond donors (Lipinski definition) is 0. The number of halogens is 1. The first kappa shape index (κ1) is 13.9. The van der Waals surface area contributed by atoms with Crippen molar-refractivity contribution in [2.75, 3.05) is 0 Å². The van der Waals surface area contributed by atoms with Crippen molar-refractivity contribution in [2.24, 2.45) is 5.92 Å². The van der Waals surface area contributed by atoms with Crippen molar-refractivity contribution in [3.63, 3.8) is 0 Å². The Bertz CT molecular complexity index is 219. The van der Waals surface area contributed by atoms with E-state index in [-0.39, 0.29) is 0 Å². The summed E-state index contributed by atoms with van der Waals surface area (Å²) in [4.78, 5) is 0.594. The molecule has 0 N–H and O–H groups in total. The largest absolute Gasteiger partial charge is 0.374 e. The van der Waals surface area contributed by atoms with Crippen molar-refractivity contribution in [1.82, 2.24) is 0 Å². The van der Waals surface area contributed by atoms with Crippen LogP contribution in [0.5, 0.6) is 0 Å². The summed E-state index contributed by atoms with van der Waals surface area (Å²) in [5, 5.41) is 0. The highest BCUT2D eigenvalue weighted by Gasteiger charge is 2.28. The molecule has 4 unspecified atom stereocenters. The van der Waals surface area contributed by atoms with Crippen molar-refractivity contribution in [1.29, 1.82) is 0 Å². The molecule has 0 amide bonds. The monoisotopic (exact) mass is 302 g/mol. The second-order valence-corrected chi connectivity index (χ2v) is 7.16. The van der Waals surface area contributed by atoms with Gasteiger partial charge in [0.05, 0.1) is 12.2 Å². The summed E-state index contributed by atoms with van der Waals surface area (Å²) >= 11 is 3.86. The lowest BCUT2D eigenvalue weighted by Gasteiger charge is -2.35. The Balaban J connectivity index is 1.85. The van der Waals surface area contributed by atoms with Crippen molar-refractivity contribution < 1.29 is 4.74 Å². The Morgan fingerprint density at radius 1 is 0.765 bits per heavy atom. The second kappa shape index (κ2) is 7.13. The van der Waals surface area contributed by atoms with E-state index < -0.39 is 0 Å². The molecule has 1 nitrogen and oxygen atoms in total. The molecule has 2 aliphatic carbocycles. The van der Waals surface area contributed by atoms with Gasteiger partial charge >= 0.3 is 0 Å². The molecule has 0 aromatic carbocycles. The highest BCUT2D eigenvalue weighted by atomic mass is 79.9. The average molecular weight is 303 g/mol. The SMILES string of the molecule is CC1CCCCC1OC1CCCCCCC1Br. The van der Waals surface area contributed by atoms with Crippen molar-refractivity contribution >= 4 is 15.9 Å². The fourth-order valence-electron chi connectivity index (χ4n) is 3.27. The molecule has 0 aliphatic heterocycles. The standard InChI is InChI=1S/C15H27BrO/c1-12-8-6-7-10-14(12)17-15-11-5-3-2-4-9-13(15)16/h12-15H,2-11H2,1H3. The lowest BCUT2D eigenvalue weighted by Crippen LogP contribution is -2.35. The molecule has 100 valence electrons. The lowest BCUT2D eigenvalue weighted by atomic mass is 9.87. The first-order valence-corrected chi connectivity index (χ1v) is 8.48. The van der Waals surface area contributed by atoms with E-state index >= 15 is 0 Å². The molecule has 0 aromatic rings. The van der Waals surface area contributed by atoms with Crippen molar-refractivity contribution in [3.8, 4) is 0 Å². The summed E-state index contributed by atoms with van der Waals surface area (Å²) in [5.41, 5.74) is 0. The van der Waals surface area contributed by atoms with Gasteiger partial charge in [0.2, 0.25) is 0 Å². The van der Waals surface area contributed by atoms with Gasteiger partial charge in [-0.15, -0.1) is 0 Å². The van der Waals surface area contributed by atoms with Crippen LogP contribution in [0.2, 0.25) is 0 Å². The third-order valence-electron chi connectivity index (χ3n) is 4.50. The molecule has 0 bridgehead atoms. The molecule has 0 spiro atoms. The summed E-state index contributed by atoms with van der Waals surface area (Å²) in [6, 6.07) is 0. The van der Waals surface area contributed by atoms with E-state index in [0.29, 0.717) is 17.0 Å². The molecule has 17 heavy (non-hydrogen) atoms. The fourth-order valence-corrected chi connectivity index (χ4v) is 3.98. The van der Waals surface area contributed by atoms with E-state index in [9.17, 15) is 0 Å². The summed E-state index contributed by atoms with van der Waals surface area (Å²) in [5.74, 6) is 0.772. The molecule has 2 heteroatoms. The van der Waals surface area contributed by atoms with Gasteiger partial charge in [0.1, 0.15) is 0 Å². The number of hydrogen-bond acceptors (Lipinski definition) is 1. The summed E-state index contributed by atoms with van der Waals surface area (Å²) in [7, 11) is 0. The molecule has 2 saturated carbocycles. The number of ether oxygens (including phenoxy) is 1. The van der Waals surface area contributed by atoms with Gasteiger partial charge in [-0.05, 0) is 31.6 Å². The molecule has 2 fully saturated rings. The normalized spacial score (nSPS) is 40.6. The first-order valence-electron chi connectivity index (χ1n) is 7.57. The molecule has 0 heterocycles. The minimum absolute atomic E-state index is 0.473. The van der Waals surface area contributed by atoms with Gasteiger partial charge in [-0.25, -0.2) is 0 Å². The van der Waals surface area contributed by atoms with Gasteiger partial charge in [-0.1, -0.05) is 61.4 Å². The Labute approximate surface area is 115 Å². The maximum absolute atomic E-state index is 6.45. The lowest BCUT2D eigenvalue weighted by molar-refractivity contribution is -0.0608. The Morgan fingerprint density at radius 3 is 2.12 bits per heavy atom. The van der Waals surface area contributed by atoms with Crippen LogP contribution in [0.4, 0.5) is 0 Å². The average Bonchev–Trinajstić information content (AvgIpc) is 2.31. The predicted molar refractivity (Wildman–Crippen MR) is 76.7 cm³/mol. The third kappa shape index (κ3) is 4.24. The van der Waals surface area contributed by atoms with E-state index in [1.54, 1.807) is 0 Å². The van der Waals surface area contributed by atoms with Gasteiger partial charge < -0.3 is 4.74 Å². The van der Waals surface area contributed by atoms with Gasteiger partial charge in [0.25, 0.3) is 0 Å². The van der Waals surface area contributed by atoms with Crippen LogP contribution in [0, 0.1) is 5.92 Å². The molecule has 0 radical (unpaired) electrons. The van der Waals surface area contributed by atoms with Crippen LogP contribution in [0.1, 0.15) is 71.1 Å². The smallest absolute Gasteiger partial charge is 0.0703 e. The van der Waals surface area contributed by atoms with E-state index in [1.165, 1.54) is 64.2 Å². The molecule has 2 rings (SSSR count). The number of alkyl halides is 1. The molecule has 2 aliphatic rings. The number of rotatable bonds is 2. The van der Waals surface area contributed by atoms with Crippen LogP contribution in [0.3, 0.4) is 0 Å². The second-order valence-electron chi connectivity index (χ2n) is 5.98.